The lowest BCUT2D eigenvalue weighted by Gasteiger charge is -2.20. The van der Waals surface area contributed by atoms with Crippen LogP contribution in [0.2, 0.25) is 0 Å². The molecule has 6 nitrogen and oxygen atoms in total. The molecule has 2 heterocycles. The fraction of sp³-hybridized carbons (Fsp3) is 0.524. The quantitative estimate of drug-likeness (QED) is 0.849. The van der Waals surface area contributed by atoms with Crippen LogP contribution in [0.3, 0.4) is 0 Å². The highest BCUT2D eigenvalue weighted by atomic mass is 16.5. The highest BCUT2D eigenvalue weighted by molar-refractivity contribution is 5.99. The van der Waals surface area contributed by atoms with Gasteiger partial charge in [0, 0.05) is 54.9 Å². The van der Waals surface area contributed by atoms with Crippen molar-refractivity contribution in [3.8, 4) is 0 Å². The van der Waals surface area contributed by atoms with Gasteiger partial charge in [-0.3, -0.25) is 9.59 Å². The van der Waals surface area contributed by atoms with Gasteiger partial charge in [0.05, 0.1) is 12.5 Å². The summed E-state index contributed by atoms with van der Waals surface area (Å²) in [6, 6.07) is 6.12. The first-order valence-corrected chi connectivity index (χ1v) is 9.52. The molecule has 1 aliphatic rings. The van der Waals surface area contributed by atoms with Gasteiger partial charge in [-0.1, -0.05) is 0 Å². The fourth-order valence-electron chi connectivity index (χ4n) is 3.85. The summed E-state index contributed by atoms with van der Waals surface area (Å²) in [5.41, 5.74) is 4.33. The van der Waals surface area contributed by atoms with E-state index in [0.29, 0.717) is 13.2 Å². The number of nitrogens with one attached hydrogen (secondary N) is 1. The normalized spacial score (nSPS) is 17.3. The van der Waals surface area contributed by atoms with E-state index in [1.54, 1.807) is 12.0 Å². The summed E-state index contributed by atoms with van der Waals surface area (Å²) in [5.74, 6) is -0.314. The molecule has 3 rings (SSSR count). The maximum absolute atomic E-state index is 12.7. The summed E-state index contributed by atoms with van der Waals surface area (Å²) < 4.78 is 7.46. The van der Waals surface area contributed by atoms with Crippen molar-refractivity contribution in [3.63, 3.8) is 0 Å². The smallest absolute Gasteiger partial charge is 0.229 e. The summed E-state index contributed by atoms with van der Waals surface area (Å²) >= 11 is 0. The number of methoxy groups -OCH3 is 1. The Balaban J connectivity index is 1.79. The van der Waals surface area contributed by atoms with Crippen LogP contribution in [0.5, 0.6) is 0 Å². The molecular formula is C21H29N3O3. The van der Waals surface area contributed by atoms with Gasteiger partial charge in [0.15, 0.2) is 0 Å². The number of ether oxygens (including phenoxy) is 1. The standard InChI is InChI=1S/C21H29N3O3/c1-13(2)24-12-16(10-20(24)25)21(26)22-17-6-7-19-18(11-17)14(3)15(4)23(19)8-9-27-5/h6-7,11,13,16H,8-10,12H2,1-5H3,(H,22,26)/t16-/m1/s1. The van der Waals surface area contributed by atoms with Crippen LogP contribution in [0.1, 0.15) is 31.5 Å². The molecule has 0 bridgehead atoms. The van der Waals surface area contributed by atoms with Gasteiger partial charge in [0.2, 0.25) is 11.8 Å². The van der Waals surface area contributed by atoms with Crippen molar-refractivity contribution in [2.45, 2.75) is 46.7 Å². The second-order valence-electron chi connectivity index (χ2n) is 7.62. The molecule has 1 N–H and O–H groups in total. The third kappa shape index (κ3) is 3.72. The number of hydrogen-bond donors (Lipinski definition) is 1. The minimum absolute atomic E-state index is 0.0577. The molecule has 0 spiro atoms. The molecule has 0 unspecified atom stereocenters. The maximum Gasteiger partial charge on any atom is 0.229 e. The number of nitrogens with zero attached hydrogens (tertiary/aromatic N) is 2. The molecule has 1 aliphatic heterocycles. The average Bonchev–Trinajstić information content (AvgIpc) is 3.13. The Morgan fingerprint density at radius 3 is 2.70 bits per heavy atom. The predicted molar refractivity (Wildman–Crippen MR) is 107 cm³/mol. The number of fused-ring (bicyclic) bond motifs is 1. The third-order valence-corrected chi connectivity index (χ3v) is 5.58. The van der Waals surface area contributed by atoms with Gasteiger partial charge < -0.3 is 19.5 Å². The van der Waals surface area contributed by atoms with E-state index in [1.165, 1.54) is 11.3 Å². The maximum atomic E-state index is 12.7. The lowest BCUT2D eigenvalue weighted by atomic mass is 10.1. The van der Waals surface area contributed by atoms with E-state index in [9.17, 15) is 9.59 Å². The van der Waals surface area contributed by atoms with Gasteiger partial charge >= 0.3 is 0 Å². The van der Waals surface area contributed by atoms with Gasteiger partial charge in [-0.15, -0.1) is 0 Å². The molecule has 27 heavy (non-hydrogen) atoms. The number of aryl methyl sites for hydroxylation is 1. The molecule has 2 aromatic rings. The van der Waals surface area contributed by atoms with E-state index in [0.717, 1.165) is 23.1 Å². The zero-order valence-electron chi connectivity index (χ0n) is 16.8. The van der Waals surface area contributed by atoms with E-state index >= 15 is 0 Å². The number of amides is 2. The van der Waals surface area contributed by atoms with Gasteiger partial charge in [-0.25, -0.2) is 0 Å². The Labute approximate surface area is 160 Å². The van der Waals surface area contributed by atoms with E-state index in [1.807, 2.05) is 32.0 Å². The number of hydrogen-bond acceptors (Lipinski definition) is 3. The van der Waals surface area contributed by atoms with Crippen LogP contribution in [0, 0.1) is 19.8 Å². The lowest BCUT2D eigenvalue weighted by Crippen LogP contribution is -2.33. The minimum atomic E-state index is -0.287. The highest BCUT2D eigenvalue weighted by Gasteiger charge is 2.35. The number of benzene rings is 1. The first-order chi connectivity index (χ1) is 12.8. The third-order valence-electron chi connectivity index (χ3n) is 5.58. The topological polar surface area (TPSA) is 63.6 Å². The van der Waals surface area contributed by atoms with Crippen LogP contribution in [0.15, 0.2) is 18.2 Å². The number of carbonyl (C=O) groups is 2. The zero-order valence-corrected chi connectivity index (χ0v) is 16.8. The van der Waals surface area contributed by atoms with E-state index in [4.69, 9.17) is 4.74 Å². The minimum Gasteiger partial charge on any atom is -0.383 e. The van der Waals surface area contributed by atoms with Crippen molar-refractivity contribution < 1.29 is 14.3 Å². The van der Waals surface area contributed by atoms with Crippen LogP contribution in [0.25, 0.3) is 10.9 Å². The predicted octanol–water partition coefficient (Wildman–Crippen LogP) is 3.10. The molecule has 0 radical (unpaired) electrons. The largest absolute Gasteiger partial charge is 0.383 e. The second kappa shape index (κ2) is 7.72. The Kier molecular flexibility index (Phi) is 5.56. The van der Waals surface area contributed by atoms with E-state index in [-0.39, 0.29) is 30.2 Å². The average molecular weight is 371 g/mol. The Morgan fingerprint density at radius 1 is 1.33 bits per heavy atom. The number of likely N-dealkylation sites (tertiary alicyclic amines) is 1. The molecule has 1 saturated heterocycles. The van der Waals surface area contributed by atoms with Crippen LogP contribution in [0.4, 0.5) is 5.69 Å². The molecular weight excluding hydrogens is 342 g/mol. The SMILES string of the molecule is COCCn1c(C)c(C)c2cc(NC(=O)[C@@H]3CC(=O)N(C(C)C)C3)ccc21. The summed E-state index contributed by atoms with van der Waals surface area (Å²) in [5, 5.41) is 4.14. The number of anilines is 1. The molecule has 146 valence electrons. The fourth-order valence-corrected chi connectivity index (χ4v) is 3.85. The van der Waals surface area contributed by atoms with Crippen molar-refractivity contribution in [1.29, 1.82) is 0 Å². The zero-order chi connectivity index (χ0) is 19.7. The van der Waals surface area contributed by atoms with Crippen LogP contribution in [-0.4, -0.2) is 47.6 Å². The molecule has 6 heteroatoms. The Bertz CT molecular complexity index is 869. The van der Waals surface area contributed by atoms with Crippen LogP contribution < -0.4 is 5.32 Å². The molecule has 2 amide bonds. The van der Waals surface area contributed by atoms with E-state index < -0.39 is 0 Å². The Morgan fingerprint density at radius 2 is 2.07 bits per heavy atom. The lowest BCUT2D eigenvalue weighted by molar-refractivity contribution is -0.129. The molecule has 1 aromatic carbocycles. The molecule has 1 aromatic heterocycles. The van der Waals surface area contributed by atoms with Crippen LogP contribution >= 0.6 is 0 Å². The van der Waals surface area contributed by atoms with Crippen molar-refractivity contribution in [1.82, 2.24) is 9.47 Å². The number of carbonyl (C=O) groups excluding carboxylic acids is 2. The Hall–Kier alpha value is -2.34. The van der Waals surface area contributed by atoms with Crippen molar-refractivity contribution in [3.05, 3.63) is 29.5 Å². The van der Waals surface area contributed by atoms with Crippen molar-refractivity contribution in [2.24, 2.45) is 5.92 Å². The molecule has 1 atom stereocenters. The second-order valence-corrected chi connectivity index (χ2v) is 7.62. The summed E-state index contributed by atoms with van der Waals surface area (Å²) in [6.07, 6.45) is 0.289. The molecule has 0 aliphatic carbocycles. The summed E-state index contributed by atoms with van der Waals surface area (Å²) in [7, 11) is 1.70. The highest BCUT2D eigenvalue weighted by Crippen LogP contribution is 2.29. The first-order valence-electron chi connectivity index (χ1n) is 9.52. The van der Waals surface area contributed by atoms with E-state index in [2.05, 4.69) is 23.7 Å². The van der Waals surface area contributed by atoms with Gasteiger partial charge in [-0.05, 0) is 51.5 Å². The summed E-state index contributed by atoms with van der Waals surface area (Å²) in [4.78, 5) is 26.5. The first kappa shape index (κ1) is 19.4. The van der Waals surface area contributed by atoms with Gasteiger partial charge in [0.25, 0.3) is 0 Å². The van der Waals surface area contributed by atoms with Crippen molar-refractivity contribution >= 4 is 28.4 Å². The number of rotatable bonds is 6. The molecule has 0 saturated carbocycles. The van der Waals surface area contributed by atoms with Crippen molar-refractivity contribution in [2.75, 3.05) is 25.6 Å². The van der Waals surface area contributed by atoms with Gasteiger partial charge in [0.1, 0.15) is 0 Å². The summed E-state index contributed by atoms with van der Waals surface area (Å²) in [6.45, 7) is 10.1. The van der Waals surface area contributed by atoms with Crippen LogP contribution in [-0.2, 0) is 20.9 Å². The monoisotopic (exact) mass is 371 g/mol. The number of aromatic nitrogens is 1. The van der Waals surface area contributed by atoms with Gasteiger partial charge in [-0.2, -0.15) is 0 Å². The molecule has 1 fully saturated rings.